The minimum Gasteiger partial charge on any atom is -0.493 e. The van der Waals surface area contributed by atoms with Gasteiger partial charge in [0, 0.05) is 26.4 Å². The summed E-state index contributed by atoms with van der Waals surface area (Å²) < 4.78 is 13.1. The van der Waals surface area contributed by atoms with Crippen LogP contribution in [0.1, 0.15) is 18.5 Å². The minimum atomic E-state index is -1.15. The number of benzene rings is 3. The van der Waals surface area contributed by atoms with E-state index in [4.69, 9.17) is 33.3 Å². The van der Waals surface area contributed by atoms with Crippen LogP contribution in [0, 0.1) is 5.92 Å². The van der Waals surface area contributed by atoms with Gasteiger partial charge in [-0.25, -0.2) is 0 Å². The van der Waals surface area contributed by atoms with Crippen LogP contribution in [-0.4, -0.2) is 23.9 Å². The van der Waals surface area contributed by atoms with E-state index in [1.54, 1.807) is 31.4 Å². The number of amides is 1. The summed E-state index contributed by atoms with van der Waals surface area (Å²) in [5.41, 5.74) is 1.09. The number of carbonyl (C=O) groups excluding carboxylic acids is 1. The molecule has 1 fully saturated rings. The van der Waals surface area contributed by atoms with E-state index in [9.17, 15) is 4.79 Å². The number of carbonyl (C=O) groups is 1. The molecule has 9 heteroatoms. The van der Waals surface area contributed by atoms with Crippen molar-refractivity contribution < 1.29 is 14.3 Å². The van der Waals surface area contributed by atoms with Gasteiger partial charge in [0.25, 0.3) is 0 Å². The summed E-state index contributed by atoms with van der Waals surface area (Å²) in [6.07, 6.45) is 0. The predicted octanol–water partition coefficient (Wildman–Crippen LogP) is 5.91. The van der Waals surface area contributed by atoms with Gasteiger partial charge in [0.05, 0.1) is 13.2 Å². The molecule has 3 aromatic carbocycles. The van der Waals surface area contributed by atoms with E-state index >= 15 is 0 Å². The molecule has 1 saturated heterocycles. The lowest BCUT2D eigenvalue weighted by Crippen LogP contribution is -2.72. The van der Waals surface area contributed by atoms with Gasteiger partial charge in [-0.15, -0.1) is 0 Å². The van der Waals surface area contributed by atoms with Crippen molar-refractivity contribution in [2.45, 2.75) is 18.7 Å². The Morgan fingerprint density at radius 2 is 1.94 bits per heavy atom. The monoisotopic (exact) mass is 557 g/mol. The first kappa shape index (κ1) is 23.0. The standard InChI is InChI=1S/C25H21BrClN3O3S/c1-25-20(23(31)28-16-11-9-15(27)10-12-16)21(18-7-4-8-19(32-2)22(18)33-25)29-24(34)30(25)17-6-3-5-14(26)13-17/h3-13,20-21H,1-2H3,(H,28,31)(H,29,34)/t20-,21+,25+/m1/s1. The number of rotatable bonds is 4. The van der Waals surface area contributed by atoms with Crippen LogP contribution >= 0.6 is 39.7 Å². The van der Waals surface area contributed by atoms with Gasteiger partial charge >= 0.3 is 0 Å². The summed E-state index contributed by atoms with van der Waals surface area (Å²) in [5, 5.41) is 7.48. The first-order valence-electron chi connectivity index (χ1n) is 10.6. The molecule has 0 saturated carbocycles. The summed E-state index contributed by atoms with van der Waals surface area (Å²) in [7, 11) is 1.60. The third-order valence-electron chi connectivity index (χ3n) is 6.17. The molecule has 3 atom stereocenters. The van der Waals surface area contributed by atoms with Gasteiger partial charge in [0.2, 0.25) is 5.91 Å². The second kappa shape index (κ2) is 8.76. The molecule has 3 aromatic rings. The van der Waals surface area contributed by atoms with Crippen molar-refractivity contribution in [3.63, 3.8) is 0 Å². The molecule has 2 aliphatic heterocycles. The molecule has 5 rings (SSSR count). The van der Waals surface area contributed by atoms with E-state index in [2.05, 4.69) is 26.6 Å². The largest absolute Gasteiger partial charge is 0.493 e. The minimum absolute atomic E-state index is 0.210. The molecule has 2 N–H and O–H groups in total. The fraction of sp³-hybridized carbons (Fsp3) is 0.200. The van der Waals surface area contributed by atoms with Crippen molar-refractivity contribution in [3.05, 3.63) is 81.8 Å². The highest BCUT2D eigenvalue weighted by atomic mass is 79.9. The molecule has 34 heavy (non-hydrogen) atoms. The fourth-order valence-electron chi connectivity index (χ4n) is 4.69. The number of hydrogen-bond acceptors (Lipinski definition) is 4. The molecule has 0 aromatic heterocycles. The Hall–Kier alpha value is -2.81. The Kier molecular flexibility index (Phi) is 5.91. The molecule has 0 unspecified atom stereocenters. The van der Waals surface area contributed by atoms with E-state index in [0.717, 1.165) is 15.7 Å². The number of hydrogen-bond donors (Lipinski definition) is 2. The molecule has 2 heterocycles. The lowest BCUT2D eigenvalue weighted by molar-refractivity contribution is -0.130. The number of para-hydroxylation sites is 1. The Morgan fingerprint density at radius 1 is 1.21 bits per heavy atom. The lowest BCUT2D eigenvalue weighted by atomic mass is 9.78. The van der Waals surface area contributed by atoms with E-state index < -0.39 is 17.7 Å². The Bertz CT molecular complexity index is 1290. The first-order chi connectivity index (χ1) is 16.3. The summed E-state index contributed by atoms with van der Waals surface area (Å²) in [6.45, 7) is 1.88. The molecule has 2 aliphatic rings. The summed E-state index contributed by atoms with van der Waals surface area (Å²) in [5.74, 6) is 0.309. The highest BCUT2D eigenvalue weighted by molar-refractivity contribution is 9.10. The maximum absolute atomic E-state index is 13.8. The topological polar surface area (TPSA) is 62.8 Å². The fourth-order valence-corrected chi connectivity index (χ4v) is 5.62. The van der Waals surface area contributed by atoms with E-state index in [1.807, 2.05) is 54.3 Å². The van der Waals surface area contributed by atoms with Gasteiger partial charge in [0.15, 0.2) is 22.3 Å². The Morgan fingerprint density at radius 3 is 2.65 bits per heavy atom. The van der Waals surface area contributed by atoms with Crippen molar-refractivity contribution >= 4 is 62.1 Å². The number of nitrogens with one attached hydrogen (secondary N) is 2. The number of ether oxygens (including phenoxy) is 2. The Balaban J connectivity index is 1.65. The van der Waals surface area contributed by atoms with Crippen LogP contribution in [0.5, 0.6) is 11.5 Å². The van der Waals surface area contributed by atoms with Crippen molar-refractivity contribution in [2.75, 3.05) is 17.3 Å². The maximum atomic E-state index is 13.8. The number of fused-ring (bicyclic) bond motifs is 4. The normalized spacial score (nSPS) is 22.8. The van der Waals surface area contributed by atoms with Gasteiger partial charge in [-0.05, 0) is 67.7 Å². The van der Waals surface area contributed by atoms with Crippen molar-refractivity contribution in [2.24, 2.45) is 5.92 Å². The molecule has 0 spiro atoms. The van der Waals surface area contributed by atoms with Crippen molar-refractivity contribution in [3.8, 4) is 11.5 Å². The van der Waals surface area contributed by atoms with E-state index in [-0.39, 0.29) is 5.91 Å². The van der Waals surface area contributed by atoms with Crippen molar-refractivity contribution in [1.82, 2.24) is 5.32 Å². The van der Waals surface area contributed by atoms with Crippen LogP contribution in [0.3, 0.4) is 0 Å². The third kappa shape index (κ3) is 3.79. The molecule has 0 radical (unpaired) electrons. The average molecular weight is 559 g/mol. The predicted molar refractivity (Wildman–Crippen MR) is 141 cm³/mol. The van der Waals surface area contributed by atoms with Gasteiger partial charge in [-0.3, -0.25) is 9.69 Å². The zero-order chi connectivity index (χ0) is 24.0. The number of nitrogens with zero attached hydrogens (tertiary/aromatic N) is 1. The molecule has 174 valence electrons. The zero-order valence-corrected chi connectivity index (χ0v) is 21.5. The van der Waals surface area contributed by atoms with E-state index in [1.165, 1.54) is 0 Å². The highest BCUT2D eigenvalue weighted by Crippen LogP contribution is 2.52. The van der Waals surface area contributed by atoms with Crippen molar-refractivity contribution in [1.29, 1.82) is 0 Å². The highest BCUT2D eigenvalue weighted by Gasteiger charge is 2.59. The molecular weight excluding hydrogens is 538 g/mol. The lowest BCUT2D eigenvalue weighted by Gasteiger charge is -2.56. The van der Waals surface area contributed by atoms with Crippen LogP contribution < -0.4 is 25.0 Å². The SMILES string of the molecule is COc1cccc2c1O[C@@]1(C)[C@@H](C(=O)Nc3ccc(Cl)cc3)[C@H]2NC(=S)N1c1cccc(Br)c1. The van der Waals surface area contributed by atoms with Crippen LogP contribution in [0.25, 0.3) is 0 Å². The van der Waals surface area contributed by atoms with Crippen LogP contribution in [-0.2, 0) is 4.79 Å². The molecule has 6 nitrogen and oxygen atoms in total. The Labute approximate surface area is 216 Å². The van der Waals surface area contributed by atoms with Crippen LogP contribution in [0.4, 0.5) is 11.4 Å². The second-order valence-corrected chi connectivity index (χ2v) is 9.99. The summed E-state index contributed by atoms with van der Waals surface area (Å²) in [6, 6.07) is 19.9. The third-order valence-corrected chi connectivity index (χ3v) is 7.22. The average Bonchev–Trinajstić information content (AvgIpc) is 2.79. The number of thiocarbonyl (C=S) groups is 1. The smallest absolute Gasteiger partial charge is 0.236 e. The first-order valence-corrected chi connectivity index (χ1v) is 12.2. The summed E-state index contributed by atoms with van der Waals surface area (Å²) in [4.78, 5) is 15.7. The molecule has 1 amide bonds. The van der Waals surface area contributed by atoms with Gasteiger partial charge in [0.1, 0.15) is 5.92 Å². The number of methoxy groups -OCH3 is 1. The molecule has 2 bridgehead atoms. The van der Waals surface area contributed by atoms with Crippen LogP contribution in [0.2, 0.25) is 5.02 Å². The zero-order valence-electron chi connectivity index (χ0n) is 18.3. The van der Waals surface area contributed by atoms with Gasteiger partial charge < -0.3 is 20.1 Å². The molecular formula is C25H21BrClN3O3S. The van der Waals surface area contributed by atoms with Gasteiger partial charge in [-0.2, -0.15) is 0 Å². The van der Waals surface area contributed by atoms with E-state index in [0.29, 0.717) is 27.3 Å². The maximum Gasteiger partial charge on any atom is 0.236 e. The molecule has 0 aliphatic carbocycles. The quantitative estimate of drug-likeness (QED) is 0.388. The second-order valence-electron chi connectivity index (χ2n) is 8.25. The number of anilines is 2. The number of halogens is 2. The van der Waals surface area contributed by atoms with Gasteiger partial charge in [-0.1, -0.05) is 45.7 Å². The van der Waals surface area contributed by atoms with Crippen LogP contribution in [0.15, 0.2) is 71.2 Å². The summed E-state index contributed by atoms with van der Waals surface area (Å²) >= 11 is 15.3.